The lowest BCUT2D eigenvalue weighted by Gasteiger charge is -2.28. The first kappa shape index (κ1) is 16.3. The lowest BCUT2D eigenvalue weighted by atomic mass is 10.3. The predicted octanol–water partition coefficient (Wildman–Crippen LogP) is 1.77. The highest BCUT2D eigenvalue weighted by Crippen LogP contribution is 2.21. The number of nitrogens with one attached hydrogen (secondary N) is 1. The molecule has 6 heteroatoms. The van der Waals surface area contributed by atoms with Crippen molar-refractivity contribution in [3.63, 3.8) is 0 Å². The lowest BCUT2D eigenvalue weighted by Crippen LogP contribution is -2.44. The van der Waals surface area contributed by atoms with Crippen LogP contribution in [0.2, 0.25) is 0 Å². The van der Waals surface area contributed by atoms with E-state index in [9.17, 15) is 0 Å². The molecule has 0 spiro atoms. The summed E-state index contributed by atoms with van der Waals surface area (Å²) >= 11 is 0. The number of hydrogen-bond donors (Lipinski definition) is 1. The van der Waals surface area contributed by atoms with Crippen molar-refractivity contribution in [3.8, 4) is 5.69 Å². The van der Waals surface area contributed by atoms with Crippen molar-refractivity contribution in [1.82, 2.24) is 20.1 Å². The molecule has 1 aliphatic heterocycles. The van der Waals surface area contributed by atoms with Crippen molar-refractivity contribution in [1.29, 1.82) is 0 Å². The quantitative estimate of drug-likeness (QED) is 0.936. The summed E-state index contributed by atoms with van der Waals surface area (Å²) < 4.78 is 1.93. The Kier molecular flexibility index (Phi) is 5.77. The van der Waals surface area contributed by atoms with E-state index in [1.54, 1.807) is 0 Å². The fourth-order valence-electron chi connectivity index (χ4n) is 2.29. The minimum Gasteiger partial charge on any atom is -0.346 e. The third-order valence-electron chi connectivity index (χ3n) is 3.38. The molecule has 0 aliphatic carbocycles. The zero-order chi connectivity index (χ0) is 15.9. The van der Waals surface area contributed by atoms with Gasteiger partial charge in [-0.05, 0) is 12.1 Å². The molecule has 0 unspecified atom stereocenters. The van der Waals surface area contributed by atoms with Crippen LogP contribution >= 0.6 is 0 Å². The van der Waals surface area contributed by atoms with Gasteiger partial charge in [0.2, 0.25) is 11.9 Å². The Labute approximate surface area is 132 Å². The Balaban J connectivity index is 0.000000847. The van der Waals surface area contributed by atoms with Crippen molar-refractivity contribution in [2.75, 3.05) is 50.1 Å². The van der Waals surface area contributed by atoms with Crippen LogP contribution in [0.15, 0.2) is 30.3 Å². The number of benzene rings is 1. The zero-order valence-electron chi connectivity index (χ0n) is 14.0. The minimum atomic E-state index is 0.738. The summed E-state index contributed by atoms with van der Waals surface area (Å²) in [4.78, 5) is 8.90. The molecule has 120 valence electrons. The number of rotatable bonds is 3. The van der Waals surface area contributed by atoms with Crippen LogP contribution < -0.4 is 15.1 Å². The molecule has 1 N–H and O–H groups in total. The molecular formula is C16H26N6. The molecule has 0 bridgehead atoms. The van der Waals surface area contributed by atoms with E-state index < -0.39 is 0 Å². The summed E-state index contributed by atoms with van der Waals surface area (Å²) in [5, 5.41) is 7.99. The summed E-state index contributed by atoms with van der Waals surface area (Å²) in [5.41, 5.74) is 1.04. The van der Waals surface area contributed by atoms with Gasteiger partial charge in [0.1, 0.15) is 0 Å². The second-order valence-electron chi connectivity index (χ2n) is 5.09. The zero-order valence-corrected chi connectivity index (χ0v) is 14.0. The van der Waals surface area contributed by atoms with Gasteiger partial charge in [-0.25, -0.2) is 0 Å². The molecule has 2 heterocycles. The third kappa shape index (κ3) is 3.57. The van der Waals surface area contributed by atoms with E-state index >= 15 is 0 Å². The summed E-state index contributed by atoms with van der Waals surface area (Å²) in [7, 11) is 3.93. The van der Waals surface area contributed by atoms with E-state index in [0.29, 0.717) is 0 Å². The summed E-state index contributed by atoms with van der Waals surface area (Å²) in [6.07, 6.45) is 0. The van der Waals surface area contributed by atoms with E-state index in [-0.39, 0.29) is 0 Å². The highest BCUT2D eigenvalue weighted by molar-refractivity contribution is 5.47. The van der Waals surface area contributed by atoms with Crippen molar-refractivity contribution in [2.24, 2.45) is 0 Å². The van der Waals surface area contributed by atoms with Gasteiger partial charge in [0.15, 0.2) is 0 Å². The molecule has 1 aromatic heterocycles. The Morgan fingerprint density at radius 3 is 2.27 bits per heavy atom. The van der Waals surface area contributed by atoms with Crippen LogP contribution in [-0.2, 0) is 0 Å². The second-order valence-corrected chi connectivity index (χ2v) is 5.09. The first-order valence-corrected chi connectivity index (χ1v) is 7.91. The third-order valence-corrected chi connectivity index (χ3v) is 3.38. The molecule has 0 atom stereocenters. The molecule has 6 nitrogen and oxygen atoms in total. The maximum absolute atomic E-state index is 4.69. The number of piperazine rings is 1. The fraction of sp³-hybridized carbons (Fsp3) is 0.500. The standard InChI is InChI=1S/C14H20N6.C2H6/c1-18(2)13-16-14(19-10-8-15-9-11-19)20(17-13)12-6-4-3-5-7-12;1-2/h3-7,15H,8-11H2,1-2H3;1-2H3. The van der Waals surface area contributed by atoms with Crippen LogP contribution in [0.4, 0.5) is 11.9 Å². The van der Waals surface area contributed by atoms with E-state index in [1.807, 2.05) is 55.7 Å². The van der Waals surface area contributed by atoms with Gasteiger partial charge >= 0.3 is 0 Å². The number of para-hydroxylation sites is 1. The molecule has 1 fully saturated rings. The van der Waals surface area contributed by atoms with Gasteiger partial charge in [-0.15, -0.1) is 5.10 Å². The Hall–Kier alpha value is -2.08. The average Bonchev–Trinajstić information content (AvgIpc) is 3.04. The van der Waals surface area contributed by atoms with Gasteiger partial charge in [0.25, 0.3) is 0 Å². The van der Waals surface area contributed by atoms with Crippen molar-refractivity contribution in [3.05, 3.63) is 30.3 Å². The Morgan fingerprint density at radius 1 is 1.05 bits per heavy atom. The largest absolute Gasteiger partial charge is 0.346 e. The van der Waals surface area contributed by atoms with E-state index in [2.05, 4.69) is 32.4 Å². The number of nitrogens with zero attached hydrogens (tertiary/aromatic N) is 5. The second kappa shape index (κ2) is 7.79. The minimum absolute atomic E-state index is 0.738. The molecular weight excluding hydrogens is 276 g/mol. The highest BCUT2D eigenvalue weighted by Gasteiger charge is 2.20. The monoisotopic (exact) mass is 302 g/mol. The van der Waals surface area contributed by atoms with Crippen molar-refractivity contribution in [2.45, 2.75) is 13.8 Å². The van der Waals surface area contributed by atoms with Gasteiger partial charge in [-0.3, -0.25) is 0 Å². The van der Waals surface area contributed by atoms with Crippen LogP contribution in [0.25, 0.3) is 5.69 Å². The first-order chi connectivity index (χ1) is 10.8. The van der Waals surface area contributed by atoms with Crippen LogP contribution in [0, 0.1) is 0 Å². The molecule has 22 heavy (non-hydrogen) atoms. The SMILES string of the molecule is CC.CN(C)c1nc(N2CCNCC2)n(-c2ccccc2)n1. The summed E-state index contributed by atoms with van der Waals surface area (Å²) in [6, 6.07) is 10.2. The maximum atomic E-state index is 4.69. The molecule has 0 saturated carbocycles. The van der Waals surface area contributed by atoms with Gasteiger partial charge in [-0.1, -0.05) is 32.0 Å². The molecule has 2 aromatic rings. The normalized spacial score (nSPS) is 14.3. The molecule has 0 amide bonds. The van der Waals surface area contributed by atoms with Crippen LogP contribution in [0.5, 0.6) is 0 Å². The molecule has 1 aromatic carbocycles. The Bertz CT molecular complexity index is 557. The molecule has 1 aliphatic rings. The van der Waals surface area contributed by atoms with Crippen LogP contribution in [-0.4, -0.2) is 55.0 Å². The van der Waals surface area contributed by atoms with E-state index in [1.165, 1.54) is 0 Å². The van der Waals surface area contributed by atoms with Gasteiger partial charge < -0.3 is 15.1 Å². The van der Waals surface area contributed by atoms with E-state index in [0.717, 1.165) is 43.8 Å². The van der Waals surface area contributed by atoms with Crippen LogP contribution in [0.1, 0.15) is 13.8 Å². The molecule has 3 rings (SSSR count). The fourth-order valence-corrected chi connectivity index (χ4v) is 2.29. The summed E-state index contributed by atoms with van der Waals surface area (Å²) in [5.74, 6) is 1.66. The molecule has 0 radical (unpaired) electrons. The summed E-state index contributed by atoms with van der Waals surface area (Å²) in [6.45, 7) is 7.88. The lowest BCUT2D eigenvalue weighted by molar-refractivity contribution is 0.575. The molecule has 1 saturated heterocycles. The number of anilines is 2. The van der Waals surface area contributed by atoms with Crippen molar-refractivity contribution >= 4 is 11.9 Å². The predicted molar refractivity (Wildman–Crippen MR) is 92.1 cm³/mol. The first-order valence-electron chi connectivity index (χ1n) is 7.91. The number of aromatic nitrogens is 3. The number of hydrogen-bond acceptors (Lipinski definition) is 5. The topological polar surface area (TPSA) is 49.2 Å². The maximum Gasteiger partial charge on any atom is 0.246 e. The van der Waals surface area contributed by atoms with Crippen molar-refractivity contribution < 1.29 is 0 Å². The van der Waals surface area contributed by atoms with Gasteiger partial charge in [0, 0.05) is 40.3 Å². The highest BCUT2D eigenvalue weighted by atomic mass is 15.5. The van der Waals surface area contributed by atoms with Gasteiger partial charge in [0.05, 0.1) is 5.69 Å². The smallest absolute Gasteiger partial charge is 0.246 e. The average molecular weight is 302 g/mol. The van der Waals surface area contributed by atoms with Gasteiger partial charge in [-0.2, -0.15) is 9.67 Å². The Morgan fingerprint density at radius 2 is 1.68 bits per heavy atom. The van der Waals surface area contributed by atoms with E-state index in [4.69, 9.17) is 0 Å². The van der Waals surface area contributed by atoms with Crippen LogP contribution in [0.3, 0.4) is 0 Å².